The van der Waals surface area contributed by atoms with Crippen molar-refractivity contribution in [3.05, 3.63) is 59.4 Å². The van der Waals surface area contributed by atoms with Crippen molar-refractivity contribution in [2.45, 2.75) is 6.92 Å². The first-order valence-electron chi connectivity index (χ1n) is 5.44. The highest BCUT2D eigenvalue weighted by atomic mass is 35.5. The molecule has 17 heavy (non-hydrogen) atoms. The minimum atomic E-state index is 0.712. The molecule has 0 fully saturated rings. The normalized spacial score (nSPS) is 10.9. The van der Waals surface area contributed by atoms with Crippen molar-refractivity contribution >= 4 is 17.2 Å². The lowest BCUT2D eigenvalue weighted by Gasteiger charge is -2.03. The molecule has 1 aromatic carbocycles. The molecule has 2 heterocycles. The fourth-order valence-corrected chi connectivity index (χ4v) is 2.13. The van der Waals surface area contributed by atoms with Gasteiger partial charge in [-0.3, -0.25) is 4.40 Å². The second kappa shape index (κ2) is 3.90. The summed E-state index contributed by atoms with van der Waals surface area (Å²) in [4.78, 5) is 4.37. The molecule has 0 spiro atoms. The summed E-state index contributed by atoms with van der Waals surface area (Å²) in [5.74, 6) is 0. The van der Waals surface area contributed by atoms with Gasteiger partial charge in [0.1, 0.15) is 5.65 Å². The van der Waals surface area contributed by atoms with E-state index in [0.717, 1.165) is 16.9 Å². The predicted octanol–water partition coefficient (Wildman–Crippen LogP) is 3.96. The van der Waals surface area contributed by atoms with Gasteiger partial charge >= 0.3 is 0 Å². The lowest BCUT2D eigenvalue weighted by atomic mass is 10.1. The maximum Gasteiger partial charge on any atom is 0.137 e. The maximum atomic E-state index is 6.02. The van der Waals surface area contributed by atoms with Gasteiger partial charge in [0, 0.05) is 11.8 Å². The van der Waals surface area contributed by atoms with E-state index < -0.39 is 0 Å². The number of aryl methyl sites for hydroxylation is 1. The van der Waals surface area contributed by atoms with Gasteiger partial charge in [-0.2, -0.15) is 0 Å². The molecule has 3 aromatic rings. The Morgan fingerprint density at radius 1 is 1.18 bits per heavy atom. The van der Waals surface area contributed by atoms with Gasteiger partial charge in [0.05, 0.1) is 16.9 Å². The highest BCUT2D eigenvalue weighted by Crippen LogP contribution is 2.23. The van der Waals surface area contributed by atoms with E-state index in [-0.39, 0.29) is 0 Å². The SMILES string of the molecule is Cc1cccc(-c2cnc3ccc(Cl)cn23)c1. The van der Waals surface area contributed by atoms with E-state index >= 15 is 0 Å². The number of halogens is 1. The van der Waals surface area contributed by atoms with Gasteiger partial charge in [0.2, 0.25) is 0 Å². The third-order valence-electron chi connectivity index (χ3n) is 2.78. The van der Waals surface area contributed by atoms with Crippen molar-refractivity contribution in [1.29, 1.82) is 0 Å². The number of rotatable bonds is 1. The van der Waals surface area contributed by atoms with Crippen LogP contribution in [-0.4, -0.2) is 9.38 Å². The minimum absolute atomic E-state index is 0.712. The zero-order valence-electron chi connectivity index (χ0n) is 9.39. The summed E-state index contributed by atoms with van der Waals surface area (Å²) in [5, 5.41) is 0.712. The Balaban J connectivity index is 2.27. The first kappa shape index (κ1) is 10.4. The van der Waals surface area contributed by atoms with Crippen LogP contribution in [0, 0.1) is 6.92 Å². The van der Waals surface area contributed by atoms with Gasteiger partial charge in [0.15, 0.2) is 0 Å². The first-order chi connectivity index (χ1) is 8.24. The molecule has 0 amide bonds. The molecule has 0 unspecified atom stereocenters. The molecule has 0 N–H and O–H groups in total. The molecule has 3 heteroatoms. The number of hydrogen-bond donors (Lipinski definition) is 0. The molecule has 2 aromatic heterocycles. The molecule has 0 saturated heterocycles. The summed E-state index contributed by atoms with van der Waals surface area (Å²) >= 11 is 6.02. The third kappa shape index (κ3) is 1.81. The van der Waals surface area contributed by atoms with Gasteiger partial charge in [-0.05, 0) is 25.1 Å². The molecular weight excluding hydrogens is 232 g/mol. The largest absolute Gasteiger partial charge is 0.298 e. The zero-order chi connectivity index (χ0) is 11.8. The summed E-state index contributed by atoms with van der Waals surface area (Å²) in [6, 6.07) is 12.1. The second-order valence-corrected chi connectivity index (χ2v) is 4.52. The van der Waals surface area contributed by atoms with Crippen LogP contribution in [0.1, 0.15) is 5.56 Å². The fraction of sp³-hybridized carbons (Fsp3) is 0.0714. The van der Waals surface area contributed by atoms with Crippen LogP contribution in [0.4, 0.5) is 0 Å². The molecule has 0 saturated carbocycles. The first-order valence-corrected chi connectivity index (χ1v) is 5.81. The third-order valence-corrected chi connectivity index (χ3v) is 3.01. The summed E-state index contributed by atoms with van der Waals surface area (Å²) < 4.78 is 2.01. The Morgan fingerprint density at radius 2 is 2.06 bits per heavy atom. The number of hydrogen-bond acceptors (Lipinski definition) is 1. The molecule has 0 atom stereocenters. The number of fused-ring (bicyclic) bond motifs is 1. The topological polar surface area (TPSA) is 17.3 Å². The average Bonchev–Trinajstić information content (AvgIpc) is 2.71. The number of aromatic nitrogens is 2. The van der Waals surface area contributed by atoms with Crippen LogP contribution in [0.2, 0.25) is 5.02 Å². The van der Waals surface area contributed by atoms with Gasteiger partial charge in [-0.15, -0.1) is 0 Å². The van der Waals surface area contributed by atoms with E-state index in [1.54, 1.807) is 0 Å². The van der Waals surface area contributed by atoms with Crippen molar-refractivity contribution in [2.24, 2.45) is 0 Å². The summed E-state index contributed by atoms with van der Waals surface area (Å²) in [6.07, 6.45) is 3.77. The lowest BCUT2D eigenvalue weighted by Crippen LogP contribution is -1.88. The van der Waals surface area contributed by atoms with E-state index in [1.165, 1.54) is 5.56 Å². The van der Waals surface area contributed by atoms with E-state index in [4.69, 9.17) is 11.6 Å². The highest BCUT2D eigenvalue weighted by molar-refractivity contribution is 6.30. The van der Waals surface area contributed by atoms with Crippen LogP contribution in [0.3, 0.4) is 0 Å². The Labute approximate surface area is 104 Å². The Kier molecular flexibility index (Phi) is 2.37. The monoisotopic (exact) mass is 242 g/mol. The van der Waals surface area contributed by atoms with Crippen LogP contribution in [-0.2, 0) is 0 Å². The van der Waals surface area contributed by atoms with Crippen LogP contribution in [0.15, 0.2) is 48.8 Å². The van der Waals surface area contributed by atoms with E-state index in [1.807, 2.05) is 28.9 Å². The minimum Gasteiger partial charge on any atom is -0.298 e. The van der Waals surface area contributed by atoms with Crippen LogP contribution in [0.25, 0.3) is 16.9 Å². The number of nitrogens with zero attached hydrogens (tertiary/aromatic N) is 2. The number of benzene rings is 1. The van der Waals surface area contributed by atoms with Crippen molar-refractivity contribution in [2.75, 3.05) is 0 Å². The van der Waals surface area contributed by atoms with Gasteiger partial charge in [-0.1, -0.05) is 35.4 Å². The summed E-state index contributed by atoms with van der Waals surface area (Å²) in [6.45, 7) is 2.08. The van der Waals surface area contributed by atoms with Crippen LogP contribution < -0.4 is 0 Å². The molecule has 0 bridgehead atoms. The number of imidazole rings is 1. The standard InChI is InChI=1S/C14H11ClN2/c1-10-3-2-4-11(7-10)13-8-16-14-6-5-12(15)9-17(13)14/h2-9H,1H3. The molecule has 84 valence electrons. The summed E-state index contributed by atoms with van der Waals surface area (Å²) in [7, 11) is 0. The molecule has 0 radical (unpaired) electrons. The Morgan fingerprint density at radius 3 is 2.88 bits per heavy atom. The van der Waals surface area contributed by atoms with Crippen molar-refractivity contribution in [3.8, 4) is 11.3 Å². The Bertz CT molecular complexity index is 686. The van der Waals surface area contributed by atoms with E-state index in [0.29, 0.717) is 5.02 Å². The van der Waals surface area contributed by atoms with Gasteiger partial charge in [0.25, 0.3) is 0 Å². The molecule has 0 aliphatic rings. The van der Waals surface area contributed by atoms with Crippen molar-refractivity contribution < 1.29 is 0 Å². The molecular formula is C14H11ClN2. The number of pyridine rings is 1. The molecule has 0 aliphatic carbocycles. The predicted molar refractivity (Wildman–Crippen MR) is 70.4 cm³/mol. The summed E-state index contributed by atoms with van der Waals surface area (Å²) in [5.41, 5.74) is 4.36. The fourth-order valence-electron chi connectivity index (χ4n) is 1.97. The average molecular weight is 243 g/mol. The Hall–Kier alpha value is -1.80. The molecule has 0 aliphatic heterocycles. The van der Waals surface area contributed by atoms with Crippen LogP contribution in [0.5, 0.6) is 0 Å². The molecule has 2 nitrogen and oxygen atoms in total. The quantitative estimate of drug-likeness (QED) is 0.631. The highest BCUT2D eigenvalue weighted by Gasteiger charge is 2.05. The maximum absolute atomic E-state index is 6.02. The van der Waals surface area contributed by atoms with Crippen molar-refractivity contribution in [3.63, 3.8) is 0 Å². The smallest absolute Gasteiger partial charge is 0.137 e. The molecule has 3 rings (SSSR count). The van der Waals surface area contributed by atoms with Crippen molar-refractivity contribution in [1.82, 2.24) is 9.38 Å². The zero-order valence-corrected chi connectivity index (χ0v) is 10.1. The van der Waals surface area contributed by atoms with E-state index in [2.05, 4.69) is 36.2 Å². The van der Waals surface area contributed by atoms with E-state index in [9.17, 15) is 0 Å². The van der Waals surface area contributed by atoms with Gasteiger partial charge in [-0.25, -0.2) is 4.98 Å². The second-order valence-electron chi connectivity index (χ2n) is 4.09. The van der Waals surface area contributed by atoms with Crippen LogP contribution >= 0.6 is 11.6 Å². The van der Waals surface area contributed by atoms with Gasteiger partial charge < -0.3 is 0 Å². The lowest BCUT2D eigenvalue weighted by molar-refractivity contribution is 1.19.